The number of thiophene rings is 1. The van der Waals surface area contributed by atoms with E-state index >= 15 is 0 Å². The van der Waals surface area contributed by atoms with Gasteiger partial charge >= 0.3 is 0 Å². The van der Waals surface area contributed by atoms with Gasteiger partial charge < -0.3 is 15.0 Å². The third-order valence-corrected chi connectivity index (χ3v) is 6.51. The average Bonchev–Trinajstić information content (AvgIpc) is 3.20. The predicted molar refractivity (Wildman–Crippen MR) is 118 cm³/mol. The van der Waals surface area contributed by atoms with E-state index in [-0.39, 0.29) is 5.91 Å². The zero-order valence-corrected chi connectivity index (χ0v) is 17.9. The van der Waals surface area contributed by atoms with Gasteiger partial charge in [0.25, 0.3) is 5.91 Å². The lowest BCUT2D eigenvalue weighted by atomic mass is 10.1. The maximum Gasteiger partial charge on any atom is 0.261 e. The largest absolute Gasteiger partial charge is 0.378 e. The molecule has 1 fully saturated rings. The molecule has 0 bridgehead atoms. The molecule has 1 aliphatic rings. The zero-order chi connectivity index (χ0) is 19.9. The highest BCUT2D eigenvalue weighted by atomic mass is 32.1. The van der Waals surface area contributed by atoms with E-state index in [4.69, 9.17) is 4.74 Å². The number of nitrogens with zero attached hydrogens (tertiary/aromatic N) is 2. The van der Waals surface area contributed by atoms with Crippen molar-refractivity contribution >= 4 is 22.2 Å². The number of benzene rings is 1. The first-order valence-electron chi connectivity index (χ1n) is 10.2. The lowest BCUT2D eigenvalue weighted by molar-refractivity contribution is 0.0942. The molecule has 2 heterocycles. The fraction of sp³-hybridized carbons (Fsp3) is 0.500. The van der Waals surface area contributed by atoms with Gasteiger partial charge in [0.1, 0.15) is 0 Å². The van der Waals surface area contributed by atoms with Gasteiger partial charge in [0.15, 0.2) is 0 Å². The molecule has 1 aromatic carbocycles. The van der Waals surface area contributed by atoms with E-state index in [0.29, 0.717) is 12.6 Å². The van der Waals surface area contributed by atoms with Gasteiger partial charge in [0.05, 0.1) is 23.1 Å². The molecule has 1 unspecified atom stereocenters. The summed E-state index contributed by atoms with van der Waals surface area (Å²) in [5.41, 5.74) is 2.28. The molecule has 1 aromatic heterocycles. The van der Waals surface area contributed by atoms with E-state index in [1.54, 1.807) is 11.3 Å². The molecule has 0 radical (unpaired) electrons. The van der Waals surface area contributed by atoms with Gasteiger partial charge in [-0.1, -0.05) is 44.2 Å². The molecule has 0 saturated carbocycles. The average molecular weight is 402 g/mol. The Bertz CT molecular complexity index is 752. The van der Waals surface area contributed by atoms with E-state index in [0.717, 1.165) is 60.4 Å². The quantitative estimate of drug-likeness (QED) is 0.732. The van der Waals surface area contributed by atoms with Crippen molar-refractivity contribution in [2.45, 2.75) is 26.8 Å². The van der Waals surface area contributed by atoms with Crippen molar-refractivity contribution in [3.8, 4) is 11.1 Å². The van der Waals surface area contributed by atoms with Crippen molar-refractivity contribution in [3.05, 3.63) is 41.3 Å². The molecule has 2 aromatic rings. The Morgan fingerprint density at radius 2 is 1.89 bits per heavy atom. The van der Waals surface area contributed by atoms with E-state index in [2.05, 4.69) is 48.0 Å². The van der Waals surface area contributed by atoms with Crippen LogP contribution in [0.3, 0.4) is 0 Å². The number of rotatable bonds is 8. The fourth-order valence-corrected chi connectivity index (χ4v) is 4.77. The Morgan fingerprint density at radius 3 is 2.54 bits per heavy atom. The number of hydrogen-bond acceptors (Lipinski definition) is 5. The number of anilines is 1. The van der Waals surface area contributed by atoms with Crippen LogP contribution < -0.4 is 10.2 Å². The van der Waals surface area contributed by atoms with Crippen LogP contribution in [0, 0.1) is 0 Å². The molecule has 1 atom stereocenters. The second-order valence-corrected chi connectivity index (χ2v) is 8.11. The van der Waals surface area contributed by atoms with E-state index in [1.165, 1.54) is 0 Å². The van der Waals surface area contributed by atoms with Gasteiger partial charge in [-0.2, -0.15) is 0 Å². The molecule has 152 valence electrons. The minimum atomic E-state index is 0.0145. The molecular weight excluding hydrogens is 370 g/mol. The van der Waals surface area contributed by atoms with Crippen LogP contribution in [0.25, 0.3) is 11.1 Å². The highest BCUT2D eigenvalue weighted by molar-refractivity contribution is 7.18. The number of nitrogens with one attached hydrogen (secondary N) is 1. The Labute approximate surface area is 172 Å². The Morgan fingerprint density at radius 1 is 1.21 bits per heavy atom. The molecule has 1 saturated heterocycles. The Kier molecular flexibility index (Phi) is 7.48. The summed E-state index contributed by atoms with van der Waals surface area (Å²) in [5, 5.41) is 4.29. The van der Waals surface area contributed by atoms with Crippen LogP contribution >= 0.6 is 11.3 Å². The minimum absolute atomic E-state index is 0.0145. The number of morpholine rings is 1. The van der Waals surface area contributed by atoms with Crippen molar-refractivity contribution in [1.29, 1.82) is 0 Å². The summed E-state index contributed by atoms with van der Waals surface area (Å²) in [6.45, 7) is 12.3. The van der Waals surface area contributed by atoms with Gasteiger partial charge in [-0.05, 0) is 31.6 Å². The first-order valence-corrected chi connectivity index (χ1v) is 11.0. The lowest BCUT2D eigenvalue weighted by Crippen LogP contribution is -2.41. The SMILES string of the molecule is CCN(CC)C(C)CNC(=O)c1cc(-c2ccccc2)c(N2CCOCC2)s1. The highest BCUT2D eigenvalue weighted by Crippen LogP contribution is 2.39. The summed E-state index contributed by atoms with van der Waals surface area (Å²) in [4.78, 5) is 18.3. The van der Waals surface area contributed by atoms with E-state index < -0.39 is 0 Å². The molecule has 5 nitrogen and oxygen atoms in total. The van der Waals surface area contributed by atoms with Crippen molar-refractivity contribution in [1.82, 2.24) is 10.2 Å². The van der Waals surface area contributed by atoms with Gasteiger partial charge in [-0.25, -0.2) is 0 Å². The number of likely N-dealkylation sites (N-methyl/N-ethyl adjacent to an activating group) is 1. The maximum atomic E-state index is 12.9. The molecular formula is C22H31N3O2S. The topological polar surface area (TPSA) is 44.8 Å². The highest BCUT2D eigenvalue weighted by Gasteiger charge is 2.22. The molecule has 1 N–H and O–H groups in total. The summed E-state index contributed by atoms with van der Waals surface area (Å²) >= 11 is 1.59. The smallest absolute Gasteiger partial charge is 0.261 e. The first kappa shape index (κ1) is 20.8. The summed E-state index contributed by atoms with van der Waals surface area (Å²) in [5.74, 6) is 0.0145. The third kappa shape index (κ3) is 4.93. The number of ether oxygens (including phenoxy) is 1. The van der Waals surface area contributed by atoms with Crippen LogP contribution in [0.1, 0.15) is 30.4 Å². The van der Waals surface area contributed by atoms with Crippen LogP contribution in [0.2, 0.25) is 0 Å². The Balaban J connectivity index is 1.79. The number of amides is 1. The molecule has 1 amide bonds. The van der Waals surface area contributed by atoms with Crippen LogP contribution in [0.5, 0.6) is 0 Å². The van der Waals surface area contributed by atoms with Gasteiger partial charge in [0, 0.05) is 31.2 Å². The number of carbonyl (C=O) groups is 1. The van der Waals surface area contributed by atoms with Gasteiger partial charge in [-0.3, -0.25) is 9.69 Å². The summed E-state index contributed by atoms with van der Waals surface area (Å²) in [6, 6.07) is 12.7. The fourth-order valence-electron chi connectivity index (χ4n) is 3.62. The van der Waals surface area contributed by atoms with Gasteiger partial charge in [-0.15, -0.1) is 11.3 Å². The monoisotopic (exact) mass is 401 g/mol. The zero-order valence-electron chi connectivity index (χ0n) is 17.1. The van der Waals surface area contributed by atoms with E-state index in [1.807, 2.05) is 24.3 Å². The van der Waals surface area contributed by atoms with Gasteiger partial charge in [0.2, 0.25) is 0 Å². The van der Waals surface area contributed by atoms with Crippen molar-refractivity contribution in [3.63, 3.8) is 0 Å². The minimum Gasteiger partial charge on any atom is -0.378 e. The van der Waals surface area contributed by atoms with Crippen LogP contribution in [-0.2, 0) is 4.74 Å². The van der Waals surface area contributed by atoms with Crippen LogP contribution in [-0.4, -0.2) is 62.8 Å². The number of carbonyl (C=O) groups excluding carboxylic acids is 1. The molecule has 0 spiro atoms. The Hall–Kier alpha value is -1.89. The van der Waals surface area contributed by atoms with Crippen molar-refractivity contribution < 1.29 is 9.53 Å². The molecule has 0 aliphatic carbocycles. The molecule has 28 heavy (non-hydrogen) atoms. The van der Waals surface area contributed by atoms with Crippen LogP contribution in [0.15, 0.2) is 36.4 Å². The van der Waals surface area contributed by atoms with Crippen LogP contribution in [0.4, 0.5) is 5.00 Å². The molecule has 3 rings (SSSR count). The van der Waals surface area contributed by atoms with Crippen molar-refractivity contribution in [2.75, 3.05) is 50.8 Å². The molecule has 1 aliphatic heterocycles. The summed E-state index contributed by atoms with van der Waals surface area (Å²) in [6.07, 6.45) is 0. The normalized spacial score (nSPS) is 15.6. The predicted octanol–water partition coefficient (Wildman–Crippen LogP) is 3.71. The van der Waals surface area contributed by atoms with Crippen molar-refractivity contribution in [2.24, 2.45) is 0 Å². The molecule has 6 heteroatoms. The maximum absolute atomic E-state index is 12.9. The second-order valence-electron chi connectivity index (χ2n) is 7.08. The summed E-state index contributed by atoms with van der Waals surface area (Å²) < 4.78 is 5.51. The summed E-state index contributed by atoms with van der Waals surface area (Å²) in [7, 11) is 0. The third-order valence-electron chi connectivity index (χ3n) is 5.31. The first-order chi connectivity index (χ1) is 13.6. The lowest BCUT2D eigenvalue weighted by Gasteiger charge is -2.28. The standard InChI is InChI=1S/C22H31N3O2S/c1-4-24(5-2)17(3)16-23-21(26)20-15-19(18-9-7-6-8-10-18)22(28-20)25-11-13-27-14-12-25/h6-10,15,17H,4-5,11-14,16H2,1-3H3,(H,23,26). The van der Waals surface area contributed by atoms with E-state index in [9.17, 15) is 4.79 Å². The second kappa shape index (κ2) is 10.0. The number of hydrogen-bond donors (Lipinski definition) is 1.